The highest BCUT2D eigenvalue weighted by Crippen LogP contribution is 2.20. The third-order valence-corrected chi connectivity index (χ3v) is 2.81. The molecule has 0 saturated heterocycles. The Morgan fingerprint density at radius 1 is 0.947 bits per heavy atom. The van der Waals surface area contributed by atoms with Crippen LogP contribution >= 0.6 is 0 Å². The molecular weight excluding hydrogens is 238 g/mol. The zero-order valence-corrected chi connectivity index (χ0v) is 10.3. The Hall–Kier alpha value is -2.62. The van der Waals surface area contributed by atoms with E-state index in [1.807, 2.05) is 54.6 Å². The zero-order valence-electron chi connectivity index (χ0n) is 10.3. The van der Waals surface area contributed by atoms with Gasteiger partial charge in [-0.25, -0.2) is 0 Å². The Morgan fingerprint density at radius 3 is 2.42 bits per heavy atom. The lowest BCUT2D eigenvalue weighted by molar-refractivity contribution is 0.306. The molecule has 2 aromatic carbocycles. The molecule has 3 rings (SSSR count). The summed E-state index contributed by atoms with van der Waals surface area (Å²) in [6.45, 7) is 0.574. The molecule has 0 radical (unpaired) electrons. The normalized spacial score (nSPS) is 10.3. The van der Waals surface area contributed by atoms with Gasteiger partial charge < -0.3 is 4.74 Å². The minimum atomic E-state index is 0.574. The average molecular weight is 251 g/mol. The smallest absolute Gasteiger partial charge is 0.119 e. The first-order chi connectivity index (χ1) is 9.42. The number of benzene rings is 2. The first-order valence-corrected chi connectivity index (χ1v) is 6.05. The Morgan fingerprint density at radius 2 is 1.74 bits per heavy atom. The minimum absolute atomic E-state index is 0.574. The maximum atomic E-state index is 5.72. The predicted molar refractivity (Wildman–Crippen MR) is 72.6 cm³/mol. The molecule has 0 unspecified atom stereocenters. The van der Waals surface area contributed by atoms with Crippen LogP contribution in [0.4, 0.5) is 0 Å². The van der Waals surface area contributed by atoms with Crippen LogP contribution in [0.25, 0.3) is 11.3 Å². The molecule has 94 valence electrons. The quantitative estimate of drug-likeness (QED) is 0.775. The van der Waals surface area contributed by atoms with Gasteiger partial charge in [0, 0.05) is 5.56 Å². The molecule has 0 aliphatic rings. The van der Waals surface area contributed by atoms with E-state index in [1.54, 1.807) is 6.20 Å². The number of aromatic nitrogens is 3. The van der Waals surface area contributed by atoms with E-state index in [1.165, 1.54) is 0 Å². The van der Waals surface area contributed by atoms with Gasteiger partial charge in [0.05, 0.1) is 6.20 Å². The number of nitrogens with zero attached hydrogens (tertiary/aromatic N) is 2. The number of H-pyrrole nitrogens is 1. The standard InChI is InChI=1S/C15H13N3O/c1-2-4-12(5-3-1)11-19-14-8-6-13(7-9-14)15-10-16-18-17-15/h1-10H,11H2,(H,16,17,18). The summed E-state index contributed by atoms with van der Waals surface area (Å²) < 4.78 is 5.72. The summed E-state index contributed by atoms with van der Waals surface area (Å²) >= 11 is 0. The van der Waals surface area contributed by atoms with E-state index >= 15 is 0 Å². The molecule has 0 fully saturated rings. The second-order valence-electron chi connectivity index (χ2n) is 4.15. The number of rotatable bonds is 4. The molecule has 3 aromatic rings. The molecule has 19 heavy (non-hydrogen) atoms. The SMILES string of the molecule is c1ccc(COc2ccc(-c3cn[nH]n3)cc2)cc1. The fraction of sp³-hybridized carbons (Fsp3) is 0.0667. The molecule has 0 saturated carbocycles. The van der Waals surface area contributed by atoms with Gasteiger partial charge in [-0.1, -0.05) is 30.3 Å². The number of hydrogen-bond donors (Lipinski definition) is 1. The third kappa shape index (κ3) is 2.80. The van der Waals surface area contributed by atoms with Crippen LogP contribution in [0.15, 0.2) is 60.8 Å². The van der Waals surface area contributed by atoms with Gasteiger partial charge in [-0.2, -0.15) is 15.4 Å². The van der Waals surface area contributed by atoms with Crippen molar-refractivity contribution in [1.82, 2.24) is 15.4 Å². The van der Waals surface area contributed by atoms with Crippen LogP contribution in [-0.2, 0) is 6.61 Å². The first kappa shape index (κ1) is 11.5. The first-order valence-electron chi connectivity index (χ1n) is 6.05. The lowest BCUT2D eigenvalue weighted by atomic mass is 10.1. The summed E-state index contributed by atoms with van der Waals surface area (Å²) in [6.07, 6.45) is 1.69. The van der Waals surface area contributed by atoms with Crippen LogP contribution in [0.1, 0.15) is 5.56 Å². The molecule has 0 atom stereocenters. The van der Waals surface area contributed by atoms with Crippen LogP contribution < -0.4 is 4.74 Å². The maximum absolute atomic E-state index is 5.72. The molecule has 0 spiro atoms. The van der Waals surface area contributed by atoms with E-state index in [2.05, 4.69) is 15.4 Å². The fourth-order valence-corrected chi connectivity index (χ4v) is 1.80. The lowest BCUT2D eigenvalue weighted by Crippen LogP contribution is -1.94. The van der Waals surface area contributed by atoms with Crippen LogP contribution in [-0.4, -0.2) is 15.4 Å². The molecule has 1 aromatic heterocycles. The van der Waals surface area contributed by atoms with Gasteiger partial charge in [0.2, 0.25) is 0 Å². The minimum Gasteiger partial charge on any atom is -0.489 e. The summed E-state index contributed by atoms with van der Waals surface area (Å²) in [7, 11) is 0. The van der Waals surface area contributed by atoms with Crippen LogP contribution in [0.3, 0.4) is 0 Å². The van der Waals surface area contributed by atoms with Crippen molar-refractivity contribution in [2.75, 3.05) is 0 Å². The molecular formula is C15H13N3O. The Labute approximate surface area is 111 Å². The number of aromatic amines is 1. The monoisotopic (exact) mass is 251 g/mol. The summed E-state index contributed by atoms with van der Waals surface area (Å²) in [5.41, 5.74) is 3.00. The summed E-state index contributed by atoms with van der Waals surface area (Å²) in [5, 5.41) is 10.4. The Balaban J connectivity index is 1.67. The van der Waals surface area contributed by atoms with E-state index in [0.717, 1.165) is 22.6 Å². The number of ether oxygens (including phenoxy) is 1. The largest absolute Gasteiger partial charge is 0.489 e. The average Bonchev–Trinajstić information content (AvgIpc) is 3.01. The second kappa shape index (κ2) is 5.35. The van der Waals surface area contributed by atoms with Gasteiger partial charge in [-0.15, -0.1) is 0 Å². The van der Waals surface area contributed by atoms with E-state index in [4.69, 9.17) is 4.74 Å². The number of hydrogen-bond acceptors (Lipinski definition) is 3. The molecule has 0 bridgehead atoms. The molecule has 1 heterocycles. The molecule has 0 aliphatic carbocycles. The summed E-state index contributed by atoms with van der Waals surface area (Å²) in [5.74, 6) is 0.844. The summed E-state index contributed by atoms with van der Waals surface area (Å²) in [6, 6.07) is 17.9. The van der Waals surface area contributed by atoms with Crippen LogP contribution in [0.5, 0.6) is 5.75 Å². The molecule has 1 N–H and O–H groups in total. The molecule has 4 heteroatoms. The summed E-state index contributed by atoms with van der Waals surface area (Å²) in [4.78, 5) is 0. The van der Waals surface area contributed by atoms with Gasteiger partial charge in [-0.05, 0) is 29.8 Å². The van der Waals surface area contributed by atoms with Crippen molar-refractivity contribution in [2.24, 2.45) is 0 Å². The van der Waals surface area contributed by atoms with Gasteiger partial charge in [0.25, 0.3) is 0 Å². The molecule has 0 amide bonds. The van der Waals surface area contributed by atoms with E-state index in [-0.39, 0.29) is 0 Å². The van der Waals surface area contributed by atoms with E-state index in [0.29, 0.717) is 6.61 Å². The van der Waals surface area contributed by atoms with Crippen molar-refractivity contribution in [2.45, 2.75) is 6.61 Å². The van der Waals surface area contributed by atoms with Gasteiger partial charge in [0.1, 0.15) is 18.1 Å². The highest BCUT2D eigenvalue weighted by Gasteiger charge is 2.01. The van der Waals surface area contributed by atoms with Crippen molar-refractivity contribution in [3.8, 4) is 17.0 Å². The van der Waals surface area contributed by atoms with Crippen molar-refractivity contribution in [3.63, 3.8) is 0 Å². The topological polar surface area (TPSA) is 50.8 Å². The fourth-order valence-electron chi connectivity index (χ4n) is 1.80. The lowest BCUT2D eigenvalue weighted by Gasteiger charge is -2.06. The number of nitrogens with one attached hydrogen (secondary N) is 1. The van der Waals surface area contributed by atoms with Gasteiger partial charge in [-0.3, -0.25) is 0 Å². The van der Waals surface area contributed by atoms with Crippen molar-refractivity contribution >= 4 is 0 Å². The van der Waals surface area contributed by atoms with Crippen LogP contribution in [0.2, 0.25) is 0 Å². The second-order valence-corrected chi connectivity index (χ2v) is 4.15. The van der Waals surface area contributed by atoms with Crippen molar-refractivity contribution in [3.05, 3.63) is 66.4 Å². The Bertz CT molecular complexity index is 618. The van der Waals surface area contributed by atoms with E-state index < -0.39 is 0 Å². The van der Waals surface area contributed by atoms with Crippen LogP contribution in [0, 0.1) is 0 Å². The highest BCUT2D eigenvalue weighted by molar-refractivity contribution is 5.58. The molecule has 0 aliphatic heterocycles. The third-order valence-electron chi connectivity index (χ3n) is 2.81. The predicted octanol–water partition coefficient (Wildman–Crippen LogP) is 3.05. The van der Waals surface area contributed by atoms with Crippen molar-refractivity contribution < 1.29 is 4.74 Å². The van der Waals surface area contributed by atoms with Gasteiger partial charge in [0.15, 0.2) is 0 Å². The zero-order chi connectivity index (χ0) is 12.9. The van der Waals surface area contributed by atoms with E-state index in [9.17, 15) is 0 Å². The van der Waals surface area contributed by atoms with Crippen molar-refractivity contribution in [1.29, 1.82) is 0 Å². The Kier molecular flexibility index (Phi) is 3.23. The highest BCUT2D eigenvalue weighted by atomic mass is 16.5. The van der Waals surface area contributed by atoms with Gasteiger partial charge >= 0.3 is 0 Å². The molecule has 4 nitrogen and oxygen atoms in total. The maximum Gasteiger partial charge on any atom is 0.119 e.